The van der Waals surface area contributed by atoms with E-state index < -0.39 is 12.1 Å². The predicted molar refractivity (Wildman–Crippen MR) is 136 cm³/mol. The molecule has 0 radical (unpaired) electrons. The molecule has 1 amide bonds. The van der Waals surface area contributed by atoms with E-state index in [9.17, 15) is 19.8 Å². The first kappa shape index (κ1) is 25.3. The average Bonchev–Trinajstić information content (AvgIpc) is 2.85. The van der Waals surface area contributed by atoms with Crippen molar-refractivity contribution in [3.8, 4) is 5.75 Å². The molecule has 4 rings (SSSR count). The molecule has 1 atom stereocenters. The Balaban J connectivity index is 1.26. The number of hydrogen-bond acceptors (Lipinski definition) is 5. The van der Waals surface area contributed by atoms with Gasteiger partial charge < -0.3 is 25.2 Å². The molecule has 1 aliphatic rings. The standard InChI is InChI=1S/C26H26Cl2N2O5/c27-23-8-5-18(13-24(23)28)35-17-9-11-30(12-10-17)15-16(31)14-29-25(32)21-6-7-22(26(33)34)20-4-2-1-3-19(20)21/h1-8,13,16-17,31H,9-12,14-15H2,(H,29,32)(H,33,34)/t16-/m1/s1. The van der Waals surface area contributed by atoms with Crippen molar-refractivity contribution in [1.82, 2.24) is 10.2 Å². The highest BCUT2D eigenvalue weighted by atomic mass is 35.5. The van der Waals surface area contributed by atoms with Gasteiger partial charge in [0.2, 0.25) is 0 Å². The van der Waals surface area contributed by atoms with Crippen LogP contribution in [0, 0.1) is 0 Å². The van der Waals surface area contributed by atoms with Gasteiger partial charge in [-0.3, -0.25) is 4.79 Å². The van der Waals surface area contributed by atoms with E-state index in [0.29, 0.717) is 38.7 Å². The topological polar surface area (TPSA) is 99.1 Å². The number of carbonyl (C=O) groups is 2. The first-order chi connectivity index (χ1) is 16.8. The number of fused-ring (bicyclic) bond motifs is 1. The van der Waals surface area contributed by atoms with Gasteiger partial charge in [0.25, 0.3) is 5.91 Å². The zero-order valence-electron chi connectivity index (χ0n) is 18.9. The Morgan fingerprint density at radius 3 is 2.31 bits per heavy atom. The van der Waals surface area contributed by atoms with Crippen LogP contribution in [-0.4, -0.2) is 65.4 Å². The molecule has 0 saturated carbocycles. The number of carboxylic acid groups (broad SMARTS) is 1. The van der Waals surface area contributed by atoms with Gasteiger partial charge in [-0.1, -0.05) is 47.5 Å². The molecule has 0 aromatic heterocycles. The van der Waals surface area contributed by atoms with Gasteiger partial charge in [-0.2, -0.15) is 0 Å². The molecule has 7 nitrogen and oxygen atoms in total. The van der Waals surface area contributed by atoms with E-state index in [1.54, 1.807) is 42.5 Å². The Hall–Kier alpha value is -2.84. The highest BCUT2D eigenvalue weighted by Crippen LogP contribution is 2.28. The zero-order valence-corrected chi connectivity index (χ0v) is 20.4. The lowest BCUT2D eigenvalue weighted by molar-refractivity contribution is 0.0594. The normalized spacial score (nSPS) is 15.6. The van der Waals surface area contributed by atoms with E-state index in [-0.39, 0.29) is 24.1 Å². The Morgan fingerprint density at radius 1 is 1.00 bits per heavy atom. The van der Waals surface area contributed by atoms with E-state index in [0.717, 1.165) is 25.9 Å². The number of piperidine rings is 1. The summed E-state index contributed by atoms with van der Waals surface area (Å²) in [4.78, 5) is 26.4. The number of likely N-dealkylation sites (tertiary alicyclic amines) is 1. The lowest BCUT2D eigenvalue weighted by Gasteiger charge is -2.33. The predicted octanol–water partition coefficient (Wildman–Crippen LogP) is 4.48. The minimum absolute atomic E-state index is 0.0578. The molecule has 35 heavy (non-hydrogen) atoms. The number of ether oxygens (including phenoxy) is 1. The van der Waals surface area contributed by atoms with Crippen molar-refractivity contribution in [3.05, 3.63) is 75.8 Å². The SMILES string of the molecule is O=C(O)c1ccc(C(=O)NC[C@@H](O)CN2CCC(Oc3ccc(Cl)c(Cl)c3)CC2)c2ccccc12. The quantitative estimate of drug-likeness (QED) is 0.408. The minimum Gasteiger partial charge on any atom is -0.490 e. The number of aromatic carboxylic acids is 1. The van der Waals surface area contributed by atoms with E-state index >= 15 is 0 Å². The lowest BCUT2D eigenvalue weighted by Crippen LogP contribution is -2.45. The maximum absolute atomic E-state index is 12.8. The smallest absolute Gasteiger partial charge is 0.336 e. The number of benzene rings is 3. The van der Waals surface area contributed by atoms with Crippen LogP contribution < -0.4 is 10.1 Å². The second kappa shape index (κ2) is 11.3. The molecule has 0 aliphatic carbocycles. The number of carboxylic acids is 1. The lowest BCUT2D eigenvalue weighted by atomic mass is 9.99. The van der Waals surface area contributed by atoms with E-state index in [4.69, 9.17) is 27.9 Å². The zero-order chi connectivity index (χ0) is 24.9. The summed E-state index contributed by atoms with van der Waals surface area (Å²) < 4.78 is 6.00. The molecular formula is C26H26Cl2N2O5. The minimum atomic E-state index is -1.05. The summed E-state index contributed by atoms with van der Waals surface area (Å²) in [6, 6.07) is 15.0. The molecule has 1 aliphatic heterocycles. The number of rotatable bonds is 8. The summed E-state index contributed by atoms with van der Waals surface area (Å²) in [6.45, 7) is 2.04. The third-order valence-electron chi connectivity index (χ3n) is 6.09. The first-order valence-electron chi connectivity index (χ1n) is 11.4. The third-order valence-corrected chi connectivity index (χ3v) is 6.83. The van der Waals surface area contributed by atoms with Crippen LogP contribution in [0.15, 0.2) is 54.6 Å². The number of aliphatic hydroxyl groups is 1. The van der Waals surface area contributed by atoms with Gasteiger partial charge >= 0.3 is 5.97 Å². The van der Waals surface area contributed by atoms with Crippen molar-refractivity contribution in [2.45, 2.75) is 25.0 Å². The second-order valence-corrected chi connectivity index (χ2v) is 9.38. The van der Waals surface area contributed by atoms with Gasteiger partial charge in [0, 0.05) is 37.8 Å². The molecule has 1 fully saturated rings. The van der Waals surface area contributed by atoms with Crippen molar-refractivity contribution in [1.29, 1.82) is 0 Å². The van der Waals surface area contributed by atoms with E-state index in [1.165, 1.54) is 12.1 Å². The number of nitrogens with zero attached hydrogens (tertiary/aromatic N) is 1. The molecule has 3 aromatic rings. The van der Waals surface area contributed by atoms with Crippen LogP contribution in [0.4, 0.5) is 0 Å². The number of halogens is 2. The van der Waals surface area contributed by atoms with Crippen molar-refractivity contribution < 1.29 is 24.5 Å². The van der Waals surface area contributed by atoms with Crippen molar-refractivity contribution in [2.75, 3.05) is 26.2 Å². The van der Waals surface area contributed by atoms with Gasteiger partial charge in [0.1, 0.15) is 11.9 Å². The van der Waals surface area contributed by atoms with Gasteiger partial charge in [0.05, 0.1) is 21.7 Å². The fourth-order valence-corrected chi connectivity index (χ4v) is 4.59. The monoisotopic (exact) mass is 516 g/mol. The maximum atomic E-state index is 12.8. The summed E-state index contributed by atoms with van der Waals surface area (Å²) in [5.74, 6) is -0.717. The fourth-order valence-electron chi connectivity index (χ4n) is 4.30. The summed E-state index contributed by atoms with van der Waals surface area (Å²) >= 11 is 12.0. The van der Waals surface area contributed by atoms with E-state index in [1.807, 2.05) is 0 Å². The van der Waals surface area contributed by atoms with Gasteiger partial charge in [-0.15, -0.1) is 0 Å². The van der Waals surface area contributed by atoms with Crippen LogP contribution in [0.3, 0.4) is 0 Å². The van der Waals surface area contributed by atoms with Gasteiger partial charge in [-0.25, -0.2) is 4.79 Å². The average molecular weight is 517 g/mol. The number of carbonyl (C=O) groups excluding carboxylic acids is 1. The Bertz CT molecular complexity index is 1230. The van der Waals surface area contributed by atoms with Crippen LogP contribution in [0.5, 0.6) is 5.75 Å². The first-order valence-corrected chi connectivity index (χ1v) is 12.1. The maximum Gasteiger partial charge on any atom is 0.336 e. The number of nitrogens with one attached hydrogen (secondary N) is 1. The summed E-state index contributed by atoms with van der Waals surface area (Å²) in [6.07, 6.45) is 0.932. The summed E-state index contributed by atoms with van der Waals surface area (Å²) in [5.41, 5.74) is 0.516. The molecule has 3 aromatic carbocycles. The van der Waals surface area contributed by atoms with Crippen LogP contribution in [-0.2, 0) is 0 Å². The molecular weight excluding hydrogens is 491 g/mol. The van der Waals surface area contributed by atoms with Crippen LogP contribution in [0.2, 0.25) is 10.0 Å². The second-order valence-electron chi connectivity index (χ2n) is 8.57. The largest absolute Gasteiger partial charge is 0.490 e. The molecule has 0 unspecified atom stereocenters. The number of amides is 1. The molecule has 1 heterocycles. The van der Waals surface area contributed by atoms with E-state index in [2.05, 4.69) is 10.2 Å². The summed E-state index contributed by atoms with van der Waals surface area (Å²) in [7, 11) is 0. The number of aliphatic hydroxyl groups excluding tert-OH is 1. The molecule has 0 spiro atoms. The van der Waals surface area contributed by atoms with Crippen molar-refractivity contribution in [2.24, 2.45) is 0 Å². The van der Waals surface area contributed by atoms with Crippen LogP contribution in [0.25, 0.3) is 10.8 Å². The molecule has 1 saturated heterocycles. The Morgan fingerprint density at radius 2 is 1.66 bits per heavy atom. The van der Waals surface area contributed by atoms with Crippen LogP contribution in [0.1, 0.15) is 33.6 Å². The Labute approximate surface area is 213 Å². The third kappa shape index (κ3) is 6.24. The van der Waals surface area contributed by atoms with Gasteiger partial charge in [-0.05, 0) is 47.9 Å². The summed E-state index contributed by atoms with van der Waals surface area (Å²) in [5, 5.41) is 24.7. The number of β-amino-alcohol motifs (C(OH)–C–C–N with tert-alkyl or cyclic N) is 1. The fraction of sp³-hybridized carbons (Fsp3) is 0.308. The molecule has 9 heteroatoms. The molecule has 3 N–H and O–H groups in total. The highest BCUT2D eigenvalue weighted by molar-refractivity contribution is 6.42. The highest BCUT2D eigenvalue weighted by Gasteiger charge is 2.23. The van der Waals surface area contributed by atoms with Gasteiger partial charge in [0.15, 0.2) is 0 Å². The van der Waals surface area contributed by atoms with Crippen LogP contribution >= 0.6 is 23.2 Å². The van der Waals surface area contributed by atoms with Crippen molar-refractivity contribution in [3.63, 3.8) is 0 Å². The molecule has 0 bridgehead atoms. The number of hydrogen-bond donors (Lipinski definition) is 3. The Kier molecular flexibility index (Phi) is 8.13. The van der Waals surface area contributed by atoms with Crippen molar-refractivity contribution >= 4 is 45.9 Å². The molecule has 184 valence electrons.